The Kier molecular flexibility index (Phi) is 5.53. The Morgan fingerprint density at radius 1 is 1.16 bits per heavy atom. The van der Waals surface area contributed by atoms with Crippen molar-refractivity contribution >= 4 is 15.9 Å². The van der Waals surface area contributed by atoms with Crippen molar-refractivity contribution in [1.82, 2.24) is 14.2 Å². The number of sulfonamides is 1. The Bertz CT molecular complexity index is 720. The van der Waals surface area contributed by atoms with Crippen LogP contribution in [-0.2, 0) is 17.1 Å². The summed E-state index contributed by atoms with van der Waals surface area (Å²) in [4.78, 5) is 12.8. The molecule has 1 aliphatic heterocycles. The zero-order valence-electron chi connectivity index (χ0n) is 15.2. The first-order valence-electron chi connectivity index (χ1n) is 9.35. The van der Waals surface area contributed by atoms with Crippen molar-refractivity contribution in [3.05, 3.63) is 18.0 Å². The van der Waals surface area contributed by atoms with E-state index in [1.54, 1.807) is 22.1 Å². The second-order valence-electron chi connectivity index (χ2n) is 7.59. The van der Waals surface area contributed by atoms with Gasteiger partial charge in [0.15, 0.2) is 0 Å². The average Bonchev–Trinajstić information content (AvgIpc) is 2.98. The first-order chi connectivity index (χ1) is 11.9. The molecule has 1 aromatic rings. The number of hydrogen-bond acceptors (Lipinski definition) is 3. The van der Waals surface area contributed by atoms with Crippen LogP contribution in [0.3, 0.4) is 0 Å². The van der Waals surface area contributed by atoms with Gasteiger partial charge >= 0.3 is 0 Å². The van der Waals surface area contributed by atoms with Crippen LogP contribution in [0.1, 0.15) is 62.4 Å². The van der Waals surface area contributed by atoms with Gasteiger partial charge in [-0.2, -0.15) is 4.31 Å². The SMILES string of the molecule is C[C@@H]1CCCN(S(=O)(=O)c2cc(C(=O)NC3CCCCC3)n(C)c2)C1. The zero-order valence-corrected chi connectivity index (χ0v) is 16.0. The summed E-state index contributed by atoms with van der Waals surface area (Å²) in [6, 6.07) is 1.73. The average molecular weight is 368 g/mol. The van der Waals surface area contributed by atoms with Gasteiger partial charge in [-0.1, -0.05) is 26.2 Å². The number of nitrogens with one attached hydrogen (secondary N) is 1. The van der Waals surface area contributed by atoms with Crippen LogP contribution in [0.15, 0.2) is 17.2 Å². The fourth-order valence-electron chi connectivity index (χ4n) is 3.92. The van der Waals surface area contributed by atoms with Crippen molar-refractivity contribution in [2.45, 2.75) is 62.8 Å². The zero-order chi connectivity index (χ0) is 18.0. The molecule has 6 nitrogen and oxygen atoms in total. The van der Waals surface area contributed by atoms with Gasteiger partial charge in [0.2, 0.25) is 10.0 Å². The van der Waals surface area contributed by atoms with Crippen LogP contribution in [0.5, 0.6) is 0 Å². The molecule has 0 spiro atoms. The Labute approximate surface area is 150 Å². The fourth-order valence-corrected chi connectivity index (χ4v) is 5.59. The van der Waals surface area contributed by atoms with Crippen molar-refractivity contribution in [1.29, 1.82) is 0 Å². The summed E-state index contributed by atoms with van der Waals surface area (Å²) in [7, 11) is -1.80. The largest absolute Gasteiger partial charge is 0.348 e. The van der Waals surface area contributed by atoms with E-state index in [4.69, 9.17) is 0 Å². The number of nitrogens with zero attached hydrogens (tertiary/aromatic N) is 2. The summed E-state index contributed by atoms with van der Waals surface area (Å²) < 4.78 is 29.0. The van der Waals surface area contributed by atoms with Crippen LogP contribution in [0.25, 0.3) is 0 Å². The normalized spacial score (nSPS) is 23.5. The third kappa shape index (κ3) is 4.08. The highest BCUT2D eigenvalue weighted by Crippen LogP contribution is 2.25. The quantitative estimate of drug-likeness (QED) is 0.889. The Balaban J connectivity index is 1.75. The molecule has 1 N–H and O–H groups in total. The molecule has 1 atom stereocenters. The number of piperidine rings is 1. The standard InChI is InChI=1S/C18H29N3O3S/c1-14-7-6-10-21(12-14)25(23,24)16-11-17(20(2)13-16)18(22)19-15-8-4-3-5-9-15/h11,13-15H,3-10,12H2,1-2H3,(H,19,22)/t14-/m1/s1. The molecule has 2 aliphatic rings. The minimum Gasteiger partial charge on any atom is -0.348 e. The topological polar surface area (TPSA) is 71.4 Å². The Morgan fingerprint density at radius 3 is 2.56 bits per heavy atom. The van der Waals surface area contributed by atoms with Crippen molar-refractivity contribution in [2.75, 3.05) is 13.1 Å². The molecule has 1 amide bonds. The van der Waals surface area contributed by atoms with E-state index in [-0.39, 0.29) is 16.8 Å². The maximum Gasteiger partial charge on any atom is 0.268 e. The molecule has 140 valence electrons. The number of carbonyl (C=O) groups is 1. The van der Waals surface area contributed by atoms with Gasteiger partial charge in [-0.25, -0.2) is 8.42 Å². The van der Waals surface area contributed by atoms with Crippen molar-refractivity contribution in [3.8, 4) is 0 Å². The van der Waals surface area contributed by atoms with E-state index in [1.807, 2.05) is 0 Å². The van der Waals surface area contributed by atoms with Crippen molar-refractivity contribution in [2.24, 2.45) is 13.0 Å². The molecule has 1 saturated carbocycles. The van der Waals surface area contributed by atoms with Gasteiger partial charge in [0, 0.05) is 32.4 Å². The molecule has 0 aromatic carbocycles. The second kappa shape index (κ2) is 7.50. The van der Waals surface area contributed by atoms with E-state index in [9.17, 15) is 13.2 Å². The molecule has 1 aliphatic carbocycles. The van der Waals surface area contributed by atoms with E-state index < -0.39 is 10.0 Å². The molecular formula is C18H29N3O3S. The minimum atomic E-state index is -3.53. The van der Waals surface area contributed by atoms with Crippen LogP contribution in [0, 0.1) is 5.92 Å². The summed E-state index contributed by atoms with van der Waals surface area (Å²) in [6.45, 7) is 3.20. The van der Waals surface area contributed by atoms with Crippen molar-refractivity contribution in [3.63, 3.8) is 0 Å². The van der Waals surface area contributed by atoms with E-state index >= 15 is 0 Å². The van der Waals surface area contributed by atoms with Gasteiger partial charge in [-0.05, 0) is 37.7 Å². The molecule has 2 fully saturated rings. The van der Waals surface area contributed by atoms with E-state index in [2.05, 4.69) is 12.2 Å². The molecule has 1 saturated heterocycles. The smallest absolute Gasteiger partial charge is 0.268 e. The minimum absolute atomic E-state index is 0.178. The first kappa shape index (κ1) is 18.5. The van der Waals surface area contributed by atoms with Gasteiger partial charge in [0.1, 0.15) is 10.6 Å². The molecule has 1 aromatic heterocycles. The third-order valence-electron chi connectivity index (χ3n) is 5.41. The maximum atomic E-state index is 12.9. The van der Waals surface area contributed by atoms with Gasteiger partial charge in [0.25, 0.3) is 5.91 Å². The predicted octanol–water partition coefficient (Wildman–Crippen LogP) is 2.51. The van der Waals surface area contributed by atoms with Gasteiger partial charge < -0.3 is 9.88 Å². The second-order valence-corrected chi connectivity index (χ2v) is 9.53. The van der Waals surface area contributed by atoms with Crippen LogP contribution in [-0.4, -0.2) is 42.3 Å². The van der Waals surface area contributed by atoms with Crippen molar-refractivity contribution < 1.29 is 13.2 Å². The number of hydrogen-bond donors (Lipinski definition) is 1. The predicted molar refractivity (Wildman–Crippen MR) is 96.9 cm³/mol. The summed E-state index contributed by atoms with van der Waals surface area (Å²) in [5.74, 6) is 0.198. The lowest BCUT2D eigenvalue weighted by molar-refractivity contribution is 0.0919. The number of rotatable bonds is 4. The van der Waals surface area contributed by atoms with Crippen LogP contribution < -0.4 is 5.32 Å². The molecule has 25 heavy (non-hydrogen) atoms. The van der Waals surface area contributed by atoms with E-state index in [1.165, 1.54) is 12.5 Å². The summed E-state index contributed by atoms with van der Waals surface area (Å²) in [5, 5.41) is 3.06. The molecule has 3 rings (SSSR count). The number of aryl methyl sites for hydroxylation is 1. The fraction of sp³-hybridized carbons (Fsp3) is 0.722. The highest BCUT2D eigenvalue weighted by molar-refractivity contribution is 7.89. The Morgan fingerprint density at radius 2 is 1.88 bits per heavy atom. The highest BCUT2D eigenvalue weighted by Gasteiger charge is 2.30. The number of aromatic nitrogens is 1. The summed E-state index contributed by atoms with van der Waals surface area (Å²) in [5.41, 5.74) is 0.411. The molecule has 0 bridgehead atoms. The van der Waals surface area contributed by atoms with Gasteiger partial charge in [-0.15, -0.1) is 0 Å². The molecule has 0 unspecified atom stereocenters. The van der Waals surface area contributed by atoms with Crippen LogP contribution >= 0.6 is 0 Å². The van der Waals surface area contributed by atoms with E-state index in [0.717, 1.165) is 38.5 Å². The monoisotopic (exact) mass is 367 g/mol. The molecule has 0 radical (unpaired) electrons. The Hall–Kier alpha value is -1.34. The lowest BCUT2D eigenvalue weighted by atomic mass is 9.95. The van der Waals surface area contributed by atoms with Gasteiger partial charge in [-0.3, -0.25) is 4.79 Å². The maximum absolute atomic E-state index is 12.9. The number of carbonyl (C=O) groups excluding carboxylic acids is 1. The number of amides is 1. The first-order valence-corrected chi connectivity index (χ1v) is 10.8. The highest BCUT2D eigenvalue weighted by atomic mass is 32.2. The molecule has 2 heterocycles. The summed E-state index contributed by atoms with van der Waals surface area (Å²) in [6.07, 6.45) is 9.05. The van der Waals surface area contributed by atoms with E-state index in [0.29, 0.717) is 24.7 Å². The summed E-state index contributed by atoms with van der Waals surface area (Å²) >= 11 is 0. The lowest BCUT2D eigenvalue weighted by Crippen LogP contribution is -2.39. The van der Waals surface area contributed by atoms with Crippen LogP contribution in [0.2, 0.25) is 0 Å². The third-order valence-corrected chi connectivity index (χ3v) is 7.24. The van der Waals surface area contributed by atoms with Crippen LogP contribution in [0.4, 0.5) is 0 Å². The molecule has 7 heteroatoms. The molecular weight excluding hydrogens is 338 g/mol. The van der Waals surface area contributed by atoms with Gasteiger partial charge in [0.05, 0.1) is 0 Å². The lowest BCUT2D eigenvalue weighted by Gasteiger charge is -2.29.